The Morgan fingerprint density at radius 3 is 2.79 bits per heavy atom. The lowest BCUT2D eigenvalue weighted by atomic mass is 10.2. The van der Waals surface area contributed by atoms with Crippen LogP contribution in [0.25, 0.3) is 0 Å². The summed E-state index contributed by atoms with van der Waals surface area (Å²) in [5.74, 6) is 2.37. The van der Waals surface area contributed by atoms with Crippen molar-refractivity contribution in [3.8, 4) is 5.88 Å². The molecular formula is C16H26N2O. The van der Waals surface area contributed by atoms with E-state index in [4.69, 9.17) is 4.74 Å². The fraction of sp³-hybridized carbons (Fsp3) is 0.688. The second-order valence-corrected chi connectivity index (χ2v) is 6.00. The van der Waals surface area contributed by atoms with Gasteiger partial charge in [-0.1, -0.05) is 32.8 Å². The maximum Gasteiger partial charge on any atom is 0.213 e. The third kappa shape index (κ3) is 5.19. The molecule has 1 aromatic heterocycles. The highest BCUT2D eigenvalue weighted by Crippen LogP contribution is 2.32. The van der Waals surface area contributed by atoms with Gasteiger partial charge in [-0.25, -0.2) is 4.98 Å². The molecule has 1 fully saturated rings. The van der Waals surface area contributed by atoms with Crippen molar-refractivity contribution in [2.75, 3.05) is 13.2 Å². The Balaban J connectivity index is 1.77. The van der Waals surface area contributed by atoms with Gasteiger partial charge >= 0.3 is 0 Å². The number of hydrogen-bond donors (Lipinski definition) is 1. The minimum Gasteiger partial charge on any atom is -0.478 e. The Morgan fingerprint density at radius 2 is 2.16 bits per heavy atom. The molecule has 2 rings (SSSR count). The fourth-order valence-electron chi connectivity index (χ4n) is 2.07. The number of rotatable bonds is 8. The molecule has 106 valence electrons. The lowest BCUT2D eigenvalue weighted by molar-refractivity contribution is 0.290. The summed E-state index contributed by atoms with van der Waals surface area (Å²) in [5.41, 5.74) is 2.33. The molecule has 1 saturated carbocycles. The van der Waals surface area contributed by atoms with Crippen LogP contribution in [0.5, 0.6) is 5.88 Å². The minimum absolute atomic E-state index is 0.679. The van der Waals surface area contributed by atoms with Crippen molar-refractivity contribution in [1.82, 2.24) is 10.3 Å². The van der Waals surface area contributed by atoms with Crippen molar-refractivity contribution in [3.63, 3.8) is 0 Å². The summed E-state index contributed by atoms with van der Waals surface area (Å²) in [6.07, 6.45) is 3.95. The standard InChI is InChI=1S/C16H26N2O/c1-12(2)10-17-11-15-6-7-16(18-13(15)3)19-9-8-14-4-5-14/h6-7,12,14,17H,4-5,8-11H2,1-3H3. The average Bonchev–Trinajstić information content (AvgIpc) is 3.15. The van der Waals surface area contributed by atoms with E-state index in [0.29, 0.717) is 5.92 Å². The molecule has 1 aliphatic carbocycles. The largest absolute Gasteiger partial charge is 0.478 e. The maximum atomic E-state index is 5.70. The van der Waals surface area contributed by atoms with Crippen molar-refractivity contribution in [3.05, 3.63) is 23.4 Å². The van der Waals surface area contributed by atoms with Gasteiger partial charge < -0.3 is 10.1 Å². The predicted molar refractivity (Wildman–Crippen MR) is 78.4 cm³/mol. The average molecular weight is 262 g/mol. The third-order valence-corrected chi connectivity index (χ3v) is 3.51. The van der Waals surface area contributed by atoms with Gasteiger partial charge in [-0.2, -0.15) is 0 Å². The molecular weight excluding hydrogens is 236 g/mol. The Bertz CT molecular complexity index is 400. The van der Waals surface area contributed by atoms with Gasteiger partial charge in [0, 0.05) is 18.3 Å². The lowest BCUT2D eigenvalue weighted by Crippen LogP contribution is -2.19. The molecule has 0 amide bonds. The van der Waals surface area contributed by atoms with E-state index in [9.17, 15) is 0 Å². The first kappa shape index (κ1) is 14.3. The predicted octanol–water partition coefficient (Wildman–Crippen LogP) is 3.31. The first-order valence-electron chi connectivity index (χ1n) is 7.45. The van der Waals surface area contributed by atoms with Gasteiger partial charge in [0.1, 0.15) is 0 Å². The van der Waals surface area contributed by atoms with Gasteiger partial charge in [-0.05, 0) is 37.3 Å². The third-order valence-electron chi connectivity index (χ3n) is 3.51. The van der Waals surface area contributed by atoms with E-state index in [1.807, 2.05) is 6.07 Å². The quantitative estimate of drug-likeness (QED) is 0.780. The molecule has 1 N–H and O–H groups in total. The van der Waals surface area contributed by atoms with Gasteiger partial charge in [-0.3, -0.25) is 0 Å². The molecule has 1 aromatic rings. The summed E-state index contributed by atoms with van der Waals surface area (Å²) >= 11 is 0. The highest BCUT2D eigenvalue weighted by atomic mass is 16.5. The Hall–Kier alpha value is -1.09. The van der Waals surface area contributed by atoms with E-state index < -0.39 is 0 Å². The monoisotopic (exact) mass is 262 g/mol. The summed E-state index contributed by atoms with van der Waals surface area (Å²) in [6.45, 7) is 9.23. The van der Waals surface area contributed by atoms with Gasteiger partial charge in [0.2, 0.25) is 5.88 Å². The number of nitrogens with zero attached hydrogens (tertiary/aromatic N) is 1. The summed E-state index contributed by atoms with van der Waals surface area (Å²) in [4.78, 5) is 4.53. The van der Waals surface area contributed by atoms with Crippen LogP contribution in [-0.2, 0) is 6.54 Å². The van der Waals surface area contributed by atoms with E-state index in [2.05, 4.69) is 37.1 Å². The van der Waals surface area contributed by atoms with Crippen LogP contribution in [0, 0.1) is 18.8 Å². The smallest absolute Gasteiger partial charge is 0.213 e. The molecule has 3 nitrogen and oxygen atoms in total. The SMILES string of the molecule is Cc1nc(OCCC2CC2)ccc1CNCC(C)C. The topological polar surface area (TPSA) is 34.1 Å². The molecule has 0 aromatic carbocycles. The number of aryl methyl sites for hydroxylation is 1. The number of hydrogen-bond acceptors (Lipinski definition) is 3. The Morgan fingerprint density at radius 1 is 1.37 bits per heavy atom. The number of aromatic nitrogens is 1. The summed E-state index contributed by atoms with van der Waals surface area (Å²) in [6, 6.07) is 4.12. The Labute approximate surface area is 116 Å². The highest BCUT2D eigenvalue weighted by molar-refractivity contribution is 5.24. The van der Waals surface area contributed by atoms with E-state index >= 15 is 0 Å². The molecule has 0 unspecified atom stereocenters. The molecule has 0 spiro atoms. The van der Waals surface area contributed by atoms with E-state index in [0.717, 1.165) is 37.2 Å². The van der Waals surface area contributed by atoms with Crippen LogP contribution >= 0.6 is 0 Å². The lowest BCUT2D eigenvalue weighted by Gasteiger charge is -2.11. The zero-order valence-corrected chi connectivity index (χ0v) is 12.4. The second-order valence-electron chi connectivity index (χ2n) is 6.00. The van der Waals surface area contributed by atoms with Crippen LogP contribution in [0.4, 0.5) is 0 Å². The second kappa shape index (κ2) is 6.90. The van der Waals surface area contributed by atoms with E-state index in [1.165, 1.54) is 24.8 Å². The van der Waals surface area contributed by atoms with Crippen molar-refractivity contribution in [2.45, 2.75) is 46.6 Å². The van der Waals surface area contributed by atoms with Crippen molar-refractivity contribution in [2.24, 2.45) is 11.8 Å². The maximum absolute atomic E-state index is 5.70. The summed E-state index contributed by atoms with van der Waals surface area (Å²) < 4.78 is 5.70. The van der Waals surface area contributed by atoms with Crippen molar-refractivity contribution in [1.29, 1.82) is 0 Å². The first-order chi connectivity index (χ1) is 9.15. The highest BCUT2D eigenvalue weighted by Gasteiger charge is 2.20. The normalized spacial score (nSPS) is 14.9. The molecule has 3 heteroatoms. The van der Waals surface area contributed by atoms with Crippen LogP contribution in [0.1, 0.15) is 44.4 Å². The molecule has 1 heterocycles. The van der Waals surface area contributed by atoms with Crippen LogP contribution in [-0.4, -0.2) is 18.1 Å². The van der Waals surface area contributed by atoms with Gasteiger partial charge in [-0.15, -0.1) is 0 Å². The zero-order chi connectivity index (χ0) is 13.7. The molecule has 0 bridgehead atoms. The van der Waals surface area contributed by atoms with Crippen LogP contribution in [0.3, 0.4) is 0 Å². The minimum atomic E-state index is 0.679. The molecule has 0 aliphatic heterocycles. The molecule has 0 radical (unpaired) electrons. The van der Waals surface area contributed by atoms with Gasteiger partial charge in [0.15, 0.2) is 0 Å². The van der Waals surface area contributed by atoms with Crippen LogP contribution in [0.15, 0.2) is 12.1 Å². The summed E-state index contributed by atoms with van der Waals surface area (Å²) in [7, 11) is 0. The fourth-order valence-corrected chi connectivity index (χ4v) is 2.07. The van der Waals surface area contributed by atoms with Gasteiger partial charge in [0.05, 0.1) is 6.61 Å². The Kier molecular flexibility index (Phi) is 5.20. The molecule has 0 saturated heterocycles. The molecule has 1 aliphatic rings. The molecule has 19 heavy (non-hydrogen) atoms. The van der Waals surface area contributed by atoms with Crippen LogP contribution in [0.2, 0.25) is 0 Å². The number of ether oxygens (including phenoxy) is 1. The van der Waals surface area contributed by atoms with E-state index in [-0.39, 0.29) is 0 Å². The number of nitrogens with one attached hydrogen (secondary N) is 1. The van der Waals surface area contributed by atoms with E-state index in [1.54, 1.807) is 0 Å². The van der Waals surface area contributed by atoms with Crippen molar-refractivity contribution >= 4 is 0 Å². The molecule has 0 atom stereocenters. The van der Waals surface area contributed by atoms with Crippen LogP contribution < -0.4 is 10.1 Å². The van der Waals surface area contributed by atoms with Gasteiger partial charge in [0.25, 0.3) is 0 Å². The first-order valence-corrected chi connectivity index (χ1v) is 7.45. The van der Waals surface area contributed by atoms with Crippen molar-refractivity contribution < 1.29 is 4.74 Å². The summed E-state index contributed by atoms with van der Waals surface area (Å²) in [5, 5.41) is 3.45. The number of pyridine rings is 1. The zero-order valence-electron chi connectivity index (χ0n) is 12.4.